The minimum atomic E-state index is -0.515. The number of benzene rings is 3. The molecule has 0 radical (unpaired) electrons. The summed E-state index contributed by atoms with van der Waals surface area (Å²) in [5, 5.41) is 9.36. The van der Waals surface area contributed by atoms with E-state index in [2.05, 4.69) is 6.58 Å². The van der Waals surface area contributed by atoms with Crippen molar-refractivity contribution in [3.05, 3.63) is 90.5 Å². The third-order valence-electron chi connectivity index (χ3n) is 3.91. The molecule has 0 atom stereocenters. The lowest BCUT2D eigenvalue weighted by Crippen LogP contribution is -2.09. The third-order valence-corrected chi connectivity index (χ3v) is 3.91. The molecule has 3 rings (SSSR count). The molecule has 0 aliphatic rings. The number of aromatic hydroxyl groups is 1. The highest BCUT2D eigenvalue weighted by molar-refractivity contribution is 5.92. The van der Waals surface area contributed by atoms with Gasteiger partial charge in [-0.2, -0.15) is 0 Å². The maximum atomic E-state index is 12.3. The summed E-state index contributed by atoms with van der Waals surface area (Å²) in [4.78, 5) is 23.8. The molecule has 28 heavy (non-hydrogen) atoms. The number of phenols is 1. The molecule has 0 bridgehead atoms. The number of ether oxygens (including phenoxy) is 2. The van der Waals surface area contributed by atoms with Gasteiger partial charge < -0.3 is 14.6 Å². The van der Waals surface area contributed by atoms with Crippen molar-refractivity contribution in [2.45, 2.75) is 6.92 Å². The van der Waals surface area contributed by atoms with Gasteiger partial charge in [-0.1, -0.05) is 30.8 Å². The zero-order valence-electron chi connectivity index (χ0n) is 15.2. The van der Waals surface area contributed by atoms with E-state index in [1.807, 2.05) is 12.1 Å². The Hall–Kier alpha value is -3.86. The molecule has 0 aromatic heterocycles. The summed E-state index contributed by atoms with van der Waals surface area (Å²) in [5.74, 6) is -0.138. The van der Waals surface area contributed by atoms with Crippen LogP contribution in [0, 0.1) is 0 Å². The Balaban J connectivity index is 1.65. The number of esters is 2. The van der Waals surface area contributed by atoms with Crippen LogP contribution in [-0.4, -0.2) is 17.0 Å². The van der Waals surface area contributed by atoms with Crippen LogP contribution in [0.4, 0.5) is 0 Å². The van der Waals surface area contributed by atoms with E-state index in [9.17, 15) is 14.7 Å². The maximum Gasteiger partial charge on any atom is 0.343 e. The summed E-state index contributed by atoms with van der Waals surface area (Å²) in [5.41, 5.74) is 2.55. The highest BCUT2D eigenvalue weighted by Gasteiger charge is 2.10. The van der Waals surface area contributed by atoms with Gasteiger partial charge in [-0.05, 0) is 66.6 Å². The van der Waals surface area contributed by atoms with Crippen molar-refractivity contribution in [3.63, 3.8) is 0 Å². The first-order chi connectivity index (χ1) is 13.4. The highest BCUT2D eigenvalue weighted by atomic mass is 16.5. The fourth-order valence-electron chi connectivity index (χ4n) is 2.39. The molecule has 5 heteroatoms. The van der Waals surface area contributed by atoms with Gasteiger partial charge in [0.05, 0.1) is 5.56 Å². The minimum absolute atomic E-state index is 0.198. The molecule has 0 saturated carbocycles. The van der Waals surface area contributed by atoms with Crippen molar-refractivity contribution in [2.75, 3.05) is 0 Å². The molecular weight excluding hydrogens is 356 g/mol. The predicted octanol–water partition coefficient (Wildman–Crippen LogP) is 4.76. The second-order valence-electron chi connectivity index (χ2n) is 6.15. The van der Waals surface area contributed by atoms with Crippen molar-refractivity contribution in [1.82, 2.24) is 0 Å². The summed E-state index contributed by atoms with van der Waals surface area (Å²) in [6.45, 7) is 5.08. The van der Waals surface area contributed by atoms with Gasteiger partial charge >= 0.3 is 11.9 Å². The van der Waals surface area contributed by atoms with E-state index in [4.69, 9.17) is 9.47 Å². The molecule has 0 fully saturated rings. The van der Waals surface area contributed by atoms with E-state index in [-0.39, 0.29) is 5.75 Å². The summed E-state index contributed by atoms with van der Waals surface area (Å²) >= 11 is 0. The molecule has 1 N–H and O–H groups in total. The number of hydrogen-bond donors (Lipinski definition) is 1. The number of rotatable bonds is 5. The van der Waals surface area contributed by atoms with Crippen molar-refractivity contribution >= 4 is 11.9 Å². The van der Waals surface area contributed by atoms with Crippen LogP contribution in [0.3, 0.4) is 0 Å². The van der Waals surface area contributed by atoms with Gasteiger partial charge in [0.2, 0.25) is 0 Å². The standard InChI is InChI=1S/C23H18O5/c1-15(2)22(25)27-20-11-13-21(14-12-20)28-23(26)18-5-3-16(4-6-18)17-7-9-19(24)10-8-17/h3-14,24H,1H2,2H3. The van der Waals surface area contributed by atoms with Gasteiger partial charge in [-0.25, -0.2) is 9.59 Å². The largest absolute Gasteiger partial charge is 0.508 e. The van der Waals surface area contributed by atoms with Gasteiger partial charge in [0.25, 0.3) is 0 Å². The summed E-state index contributed by atoms with van der Waals surface area (Å²) < 4.78 is 10.4. The van der Waals surface area contributed by atoms with Crippen molar-refractivity contribution in [1.29, 1.82) is 0 Å². The average Bonchev–Trinajstić information content (AvgIpc) is 2.70. The summed E-state index contributed by atoms with van der Waals surface area (Å²) in [6.07, 6.45) is 0. The first kappa shape index (κ1) is 18.9. The van der Waals surface area contributed by atoms with Gasteiger partial charge in [0.15, 0.2) is 0 Å². The smallest absolute Gasteiger partial charge is 0.343 e. The van der Waals surface area contributed by atoms with Gasteiger partial charge in [0, 0.05) is 5.57 Å². The number of hydrogen-bond acceptors (Lipinski definition) is 5. The van der Waals surface area contributed by atoms with Crippen LogP contribution in [0.5, 0.6) is 17.2 Å². The van der Waals surface area contributed by atoms with Crippen LogP contribution in [0.25, 0.3) is 11.1 Å². The lowest BCUT2D eigenvalue weighted by molar-refractivity contribution is -0.130. The molecule has 0 aliphatic carbocycles. The van der Waals surface area contributed by atoms with Crippen molar-refractivity contribution in [2.24, 2.45) is 0 Å². The fourth-order valence-corrected chi connectivity index (χ4v) is 2.39. The van der Waals surface area contributed by atoms with Gasteiger partial charge in [0.1, 0.15) is 17.2 Å². The van der Waals surface area contributed by atoms with Crippen molar-refractivity contribution < 1.29 is 24.2 Å². The fraction of sp³-hybridized carbons (Fsp3) is 0.0435. The Labute approximate surface area is 162 Å². The first-order valence-electron chi connectivity index (χ1n) is 8.52. The van der Waals surface area contributed by atoms with Crippen LogP contribution >= 0.6 is 0 Å². The summed E-state index contributed by atoms with van der Waals surface area (Å²) in [7, 11) is 0. The number of phenolic OH excluding ortho intramolecular Hbond substituents is 1. The zero-order valence-corrected chi connectivity index (χ0v) is 15.2. The molecule has 0 saturated heterocycles. The van der Waals surface area contributed by atoms with Crippen LogP contribution in [0.2, 0.25) is 0 Å². The molecule has 0 amide bonds. The normalized spacial score (nSPS) is 10.2. The van der Waals surface area contributed by atoms with E-state index in [0.717, 1.165) is 11.1 Å². The van der Waals surface area contributed by atoms with Crippen molar-refractivity contribution in [3.8, 4) is 28.4 Å². The van der Waals surface area contributed by atoms with Crippen LogP contribution in [0.15, 0.2) is 84.9 Å². The zero-order chi connectivity index (χ0) is 20.1. The Morgan fingerprint density at radius 3 is 1.71 bits per heavy atom. The molecule has 5 nitrogen and oxygen atoms in total. The Bertz CT molecular complexity index is 1000. The molecule has 3 aromatic carbocycles. The quantitative estimate of drug-likeness (QED) is 0.396. The Kier molecular flexibility index (Phi) is 5.56. The van der Waals surface area contributed by atoms with E-state index in [0.29, 0.717) is 22.6 Å². The maximum absolute atomic E-state index is 12.3. The van der Waals surface area contributed by atoms with Gasteiger partial charge in [-0.15, -0.1) is 0 Å². The molecule has 0 unspecified atom stereocenters. The monoisotopic (exact) mass is 374 g/mol. The molecular formula is C23H18O5. The average molecular weight is 374 g/mol. The lowest BCUT2D eigenvalue weighted by atomic mass is 10.0. The topological polar surface area (TPSA) is 72.8 Å². The molecule has 140 valence electrons. The predicted molar refractivity (Wildman–Crippen MR) is 105 cm³/mol. The molecule has 0 heterocycles. The number of carbonyl (C=O) groups is 2. The minimum Gasteiger partial charge on any atom is -0.508 e. The van der Waals surface area contributed by atoms with Crippen LogP contribution in [-0.2, 0) is 4.79 Å². The third kappa shape index (κ3) is 4.65. The second-order valence-corrected chi connectivity index (χ2v) is 6.15. The second kappa shape index (κ2) is 8.22. The lowest BCUT2D eigenvalue weighted by Gasteiger charge is -2.07. The van der Waals surface area contributed by atoms with Crippen LogP contribution in [0.1, 0.15) is 17.3 Å². The first-order valence-corrected chi connectivity index (χ1v) is 8.52. The molecule has 3 aromatic rings. The van der Waals surface area contributed by atoms with E-state index in [1.165, 1.54) is 12.1 Å². The highest BCUT2D eigenvalue weighted by Crippen LogP contribution is 2.23. The summed E-state index contributed by atoms with van der Waals surface area (Å²) in [6, 6.07) is 19.9. The van der Waals surface area contributed by atoms with Gasteiger partial charge in [-0.3, -0.25) is 0 Å². The molecule has 0 aliphatic heterocycles. The Morgan fingerprint density at radius 2 is 1.21 bits per heavy atom. The number of carbonyl (C=O) groups excluding carboxylic acids is 2. The van der Waals surface area contributed by atoms with E-state index in [1.54, 1.807) is 55.5 Å². The van der Waals surface area contributed by atoms with E-state index >= 15 is 0 Å². The Morgan fingerprint density at radius 1 is 0.750 bits per heavy atom. The van der Waals surface area contributed by atoms with Crippen LogP contribution < -0.4 is 9.47 Å². The molecule has 0 spiro atoms. The van der Waals surface area contributed by atoms with E-state index < -0.39 is 11.9 Å². The SMILES string of the molecule is C=C(C)C(=O)Oc1ccc(OC(=O)c2ccc(-c3ccc(O)cc3)cc2)cc1.